The fourth-order valence-corrected chi connectivity index (χ4v) is 5.22. The molecule has 11 nitrogen and oxygen atoms in total. The van der Waals surface area contributed by atoms with Gasteiger partial charge in [-0.25, -0.2) is 0 Å². The Hall–Kier alpha value is -5.19. The largest absolute Gasteiger partial charge is 0.508 e. The number of amides is 3. The van der Waals surface area contributed by atoms with Crippen LogP contribution in [-0.4, -0.2) is 69.0 Å². The Morgan fingerprint density at radius 2 is 1.71 bits per heavy atom. The average Bonchev–Trinajstić information content (AvgIpc) is 3.46. The van der Waals surface area contributed by atoms with Crippen molar-refractivity contribution in [3.05, 3.63) is 88.1 Å². The number of aromatic nitrogens is 1. The number of H-pyrrole nitrogens is 1. The molecule has 1 saturated heterocycles. The molecule has 1 fully saturated rings. The molecule has 5 rings (SSSR count). The first kappa shape index (κ1) is 27.4. The number of aliphatic carboxylic acids is 1. The van der Waals surface area contributed by atoms with Crippen LogP contribution in [0.15, 0.2) is 71.5 Å². The van der Waals surface area contributed by atoms with Crippen molar-refractivity contribution in [2.45, 2.75) is 31.3 Å². The molecule has 0 spiro atoms. The third-order valence-electron chi connectivity index (χ3n) is 7.22. The van der Waals surface area contributed by atoms with E-state index < -0.39 is 42.3 Å². The number of benzene rings is 3. The van der Waals surface area contributed by atoms with Gasteiger partial charge >= 0.3 is 5.97 Å². The number of carbonyl (C=O) groups is 4. The number of rotatable bonds is 8. The van der Waals surface area contributed by atoms with Gasteiger partial charge in [-0.1, -0.05) is 30.3 Å². The van der Waals surface area contributed by atoms with Gasteiger partial charge in [-0.15, -0.1) is 0 Å². The van der Waals surface area contributed by atoms with Crippen molar-refractivity contribution in [3.63, 3.8) is 0 Å². The normalized spacial score (nSPS) is 15.5. The molecule has 2 heterocycles. The van der Waals surface area contributed by atoms with E-state index >= 15 is 0 Å². The number of phenols is 1. The average molecular weight is 557 g/mol. The van der Waals surface area contributed by atoms with E-state index in [0.29, 0.717) is 40.2 Å². The number of hydrogen-bond donors (Lipinski definition) is 5. The molecule has 3 aromatic carbocycles. The number of aromatic hydroxyl groups is 1. The second-order valence-electron chi connectivity index (χ2n) is 9.93. The van der Waals surface area contributed by atoms with Crippen LogP contribution in [0, 0.1) is 0 Å². The van der Waals surface area contributed by atoms with Crippen molar-refractivity contribution in [1.82, 2.24) is 20.5 Å². The van der Waals surface area contributed by atoms with E-state index in [1.54, 1.807) is 54.6 Å². The van der Waals surface area contributed by atoms with Gasteiger partial charge in [0.05, 0.1) is 11.1 Å². The van der Waals surface area contributed by atoms with Gasteiger partial charge in [-0.05, 0) is 54.8 Å². The smallest absolute Gasteiger partial charge is 0.322 e. The molecule has 4 aromatic rings. The molecular formula is C30H28N4O7. The number of aromatic amines is 1. The van der Waals surface area contributed by atoms with E-state index in [4.69, 9.17) is 5.11 Å². The van der Waals surface area contributed by atoms with E-state index in [1.165, 1.54) is 17.0 Å². The molecule has 11 heteroatoms. The minimum absolute atomic E-state index is 0.0438. The third kappa shape index (κ3) is 5.74. The molecule has 5 N–H and O–H groups in total. The van der Waals surface area contributed by atoms with Crippen molar-refractivity contribution < 1.29 is 29.4 Å². The van der Waals surface area contributed by atoms with Crippen LogP contribution in [0.2, 0.25) is 0 Å². The van der Waals surface area contributed by atoms with Crippen LogP contribution < -0.4 is 16.1 Å². The van der Waals surface area contributed by atoms with Crippen LogP contribution in [0.5, 0.6) is 5.75 Å². The Morgan fingerprint density at radius 3 is 2.46 bits per heavy atom. The standard InChI is InChI=1S/C30H28N4O7/c35-18-12-10-17(11-13-18)15-23(30(41)34-14-4-9-24(34)29(40)31-16-25(36)37)33-28(39)21-7-3-6-20-26(21)32-22-8-2-1-5-19(22)27(20)38/h1-3,5-8,10-13,23-24,35H,4,9,14-16H2,(H,31,40)(H,32,38)(H,33,39)(H,36,37)/t23-,24-/m0/s1. The molecule has 1 aliphatic heterocycles. The van der Waals surface area contributed by atoms with Crippen LogP contribution >= 0.6 is 0 Å². The topological polar surface area (TPSA) is 169 Å². The number of hydrogen-bond acceptors (Lipinski definition) is 6. The quantitative estimate of drug-likeness (QED) is 0.207. The third-order valence-corrected chi connectivity index (χ3v) is 7.22. The first-order valence-electron chi connectivity index (χ1n) is 13.2. The summed E-state index contributed by atoms with van der Waals surface area (Å²) in [5.41, 5.74) is 1.50. The summed E-state index contributed by atoms with van der Waals surface area (Å²) in [5.74, 6) is -2.83. The molecule has 0 unspecified atom stereocenters. The molecule has 210 valence electrons. The summed E-state index contributed by atoms with van der Waals surface area (Å²) in [7, 11) is 0. The Morgan fingerprint density at radius 1 is 0.976 bits per heavy atom. The molecule has 0 aliphatic carbocycles. The van der Waals surface area contributed by atoms with E-state index in [0.717, 1.165) is 0 Å². The van der Waals surface area contributed by atoms with Crippen LogP contribution in [-0.2, 0) is 20.8 Å². The fraction of sp³-hybridized carbons (Fsp3) is 0.233. The molecule has 1 aromatic heterocycles. The predicted molar refractivity (Wildman–Crippen MR) is 151 cm³/mol. The number of carboxylic acid groups (broad SMARTS) is 1. The van der Waals surface area contributed by atoms with Gasteiger partial charge < -0.3 is 30.7 Å². The summed E-state index contributed by atoms with van der Waals surface area (Å²) >= 11 is 0. The summed E-state index contributed by atoms with van der Waals surface area (Å²) in [4.78, 5) is 68.8. The minimum Gasteiger partial charge on any atom is -0.508 e. The number of fused-ring (bicyclic) bond motifs is 2. The second kappa shape index (κ2) is 11.5. The lowest BCUT2D eigenvalue weighted by molar-refractivity contribution is -0.141. The molecule has 3 amide bonds. The number of carboxylic acids is 1. The Kier molecular flexibility index (Phi) is 7.68. The van der Waals surface area contributed by atoms with Gasteiger partial charge in [-0.3, -0.25) is 24.0 Å². The van der Waals surface area contributed by atoms with E-state index in [2.05, 4.69) is 15.6 Å². The van der Waals surface area contributed by atoms with Crippen LogP contribution in [0.25, 0.3) is 21.8 Å². The van der Waals surface area contributed by atoms with Crippen molar-refractivity contribution >= 4 is 45.5 Å². The summed E-state index contributed by atoms with van der Waals surface area (Å²) in [6.45, 7) is -0.307. The molecule has 41 heavy (non-hydrogen) atoms. The first-order chi connectivity index (χ1) is 19.7. The second-order valence-corrected chi connectivity index (χ2v) is 9.93. The van der Waals surface area contributed by atoms with Gasteiger partial charge in [0.1, 0.15) is 24.4 Å². The number of nitrogens with zero attached hydrogens (tertiary/aromatic N) is 1. The zero-order chi connectivity index (χ0) is 29.1. The molecule has 0 saturated carbocycles. The number of carbonyl (C=O) groups excluding carboxylic acids is 3. The van der Waals surface area contributed by atoms with Crippen molar-refractivity contribution in [1.29, 1.82) is 0 Å². The lowest BCUT2D eigenvalue weighted by Crippen LogP contribution is -2.54. The van der Waals surface area contributed by atoms with Gasteiger partial charge in [-0.2, -0.15) is 0 Å². The molecule has 0 bridgehead atoms. The summed E-state index contributed by atoms with van der Waals surface area (Å²) < 4.78 is 0. The highest BCUT2D eigenvalue weighted by Crippen LogP contribution is 2.22. The van der Waals surface area contributed by atoms with Crippen LogP contribution in [0.1, 0.15) is 28.8 Å². The van der Waals surface area contributed by atoms with Crippen molar-refractivity contribution in [2.24, 2.45) is 0 Å². The number of para-hydroxylation sites is 2. The maximum Gasteiger partial charge on any atom is 0.322 e. The maximum atomic E-state index is 13.8. The lowest BCUT2D eigenvalue weighted by Gasteiger charge is -2.29. The first-order valence-corrected chi connectivity index (χ1v) is 13.2. The summed E-state index contributed by atoms with van der Waals surface area (Å²) in [6, 6.07) is 16.0. The lowest BCUT2D eigenvalue weighted by atomic mass is 10.0. The Bertz CT molecular complexity index is 1710. The monoisotopic (exact) mass is 556 g/mol. The van der Waals surface area contributed by atoms with Crippen molar-refractivity contribution in [3.8, 4) is 5.75 Å². The Labute approximate surface area is 233 Å². The molecular weight excluding hydrogens is 528 g/mol. The molecule has 1 aliphatic rings. The van der Waals surface area contributed by atoms with Gasteiger partial charge in [0.2, 0.25) is 11.8 Å². The van der Waals surface area contributed by atoms with E-state index in [-0.39, 0.29) is 29.7 Å². The van der Waals surface area contributed by atoms with Gasteiger partial charge in [0.15, 0.2) is 5.43 Å². The summed E-state index contributed by atoms with van der Waals surface area (Å²) in [5, 5.41) is 24.6. The minimum atomic E-state index is -1.20. The zero-order valence-corrected chi connectivity index (χ0v) is 21.9. The van der Waals surface area contributed by atoms with Crippen molar-refractivity contribution in [2.75, 3.05) is 13.1 Å². The maximum absolute atomic E-state index is 13.8. The Balaban J connectivity index is 1.47. The highest BCUT2D eigenvalue weighted by atomic mass is 16.4. The number of phenolic OH excluding ortho intramolecular Hbond substituents is 1. The molecule has 0 radical (unpaired) electrons. The van der Waals surface area contributed by atoms with Crippen LogP contribution in [0.3, 0.4) is 0 Å². The highest BCUT2D eigenvalue weighted by Gasteiger charge is 2.38. The van der Waals surface area contributed by atoms with Gasteiger partial charge in [0.25, 0.3) is 5.91 Å². The highest BCUT2D eigenvalue weighted by molar-refractivity contribution is 6.08. The van der Waals surface area contributed by atoms with Gasteiger partial charge in [0, 0.05) is 29.3 Å². The number of likely N-dealkylation sites (tertiary alicyclic amines) is 1. The zero-order valence-electron chi connectivity index (χ0n) is 21.9. The fourth-order valence-electron chi connectivity index (χ4n) is 5.22. The number of nitrogens with one attached hydrogen (secondary N) is 3. The van der Waals surface area contributed by atoms with E-state index in [1.807, 2.05) is 0 Å². The molecule has 2 atom stereocenters. The predicted octanol–water partition coefficient (Wildman–Crippen LogP) is 1.92. The van der Waals surface area contributed by atoms with Crippen LogP contribution in [0.4, 0.5) is 0 Å². The SMILES string of the molecule is O=C(O)CNC(=O)[C@@H]1CCCN1C(=O)[C@H](Cc1ccc(O)cc1)NC(=O)c1cccc2c(=O)c3ccccc3[nH]c12. The summed E-state index contributed by atoms with van der Waals surface area (Å²) in [6.07, 6.45) is 0.956. The number of pyridine rings is 1. The van der Waals surface area contributed by atoms with E-state index in [9.17, 15) is 29.1 Å².